The normalized spacial score (nSPS) is 10.4. The average Bonchev–Trinajstić information content (AvgIpc) is 2.25. The van der Waals surface area contributed by atoms with E-state index in [1.54, 1.807) is 23.7 Å². The number of hydrogen-bond acceptors (Lipinski definition) is 3. The molecule has 2 N–H and O–H groups in total. The fourth-order valence-electron chi connectivity index (χ4n) is 1.41. The van der Waals surface area contributed by atoms with Crippen LogP contribution < -0.4 is 10.6 Å². The Labute approximate surface area is 109 Å². The van der Waals surface area contributed by atoms with Crippen molar-refractivity contribution in [1.29, 1.82) is 0 Å². The summed E-state index contributed by atoms with van der Waals surface area (Å²) in [6.07, 6.45) is 1.94. The van der Waals surface area contributed by atoms with Gasteiger partial charge in [0.1, 0.15) is 22.3 Å². The molecule has 0 saturated heterocycles. The van der Waals surface area contributed by atoms with Gasteiger partial charge in [0.2, 0.25) is 0 Å². The van der Waals surface area contributed by atoms with E-state index in [9.17, 15) is 8.78 Å². The number of thioether (sulfide) groups is 1. The Hall–Kier alpha value is -0.880. The highest BCUT2D eigenvalue weighted by atomic mass is 32.2. The third-order valence-corrected chi connectivity index (χ3v) is 3.14. The highest BCUT2D eigenvalue weighted by Crippen LogP contribution is 2.24. The summed E-state index contributed by atoms with van der Waals surface area (Å²) >= 11 is 6.30. The minimum absolute atomic E-state index is 0.0129. The van der Waals surface area contributed by atoms with Crippen molar-refractivity contribution < 1.29 is 8.78 Å². The van der Waals surface area contributed by atoms with E-state index in [0.29, 0.717) is 6.54 Å². The summed E-state index contributed by atoms with van der Waals surface area (Å²) in [5.74, 6) is -0.486. The van der Waals surface area contributed by atoms with Crippen molar-refractivity contribution in [3.8, 4) is 0 Å². The first-order valence-electron chi connectivity index (χ1n) is 4.96. The molecule has 0 aliphatic rings. The van der Waals surface area contributed by atoms with E-state index in [2.05, 4.69) is 12.2 Å². The summed E-state index contributed by atoms with van der Waals surface area (Å²) in [5.41, 5.74) is 5.50. The lowest BCUT2D eigenvalue weighted by Crippen LogP contribution is -2.23. The number of thiocarbonyl (C=S) groups is 1. The van der Waals surface area contributed by atoms with Crippen LogP contribution in [0.25, 0.3) is 0 Å². The average molecular weight is 276 g/mol. The second-order valence-corrected chi connectivity index (χ2v) is 4.99. The Morgan fingerprint density at radius 2 is 1.94 bits per heavy atom. The Bertz CT molecular complexity index is 401. The van der Waals surface area contributed by atoms with Crippen LogP contribution in [0, 0.1) is 11.6 Å². The van der Waals surface area contributed by atoms with Gasteiger partial charge in [-0.2, -0.15) is 11.8 Å². The van der Waals surface area contributed by atoms with Gasteiger partial charge in [-0.1, -0.05) is 12.2 Å². The number of benzene rings is 1. The molecule has 1 aromatic rings. The smallest absolute Gasteiger partial charge is 0.150 e. The Morgan fingerprint density at radius 3 is 2.35 bits per heavy atom. The van der Waals surface area contributed by atoms with Crippen LogP contribution in [0.2, 0.25) is 0 Å². The summed E-state index contributed by atoms with van der Waals surface area (Å²) in [5, 5.41) is 0. The maximum absolute atomic E-state index is 13.7. The fraction of sp³-hybridized carbons (Fsp3) is 0.364. The highest BCUT2D eigenvalue weighted by Gasteiger charge is 2.15. The molecule has 0 unspecified atom stereocenters. The third kappa shape index (κ3) is 3.54. The monoisotopic (exact) mass is 276 g/mol. The van der Waals surface area contributed by atoms with Crippen LogP contribution in [0.5, 0.6) is 0 Å². The van der Waals surface area contributed by atoms with Gasteiger partial charge < -0.3 is 10.6 Å². The van der Waals surface area contributed by atoms with Gasteiger partial charge in [-0.3, -0.25) is 0 Å². The second-order valence-electron chi connectivity index (χ2n) is 3.57. The van der Waals surface area contributed by atoms with Crippen molar-refractivity contribution >= 4 is 34.7 Å². The van der Waals surface area contributed by atoms with Gasteiger partial charge in [0, 0.05) is 24.9 Å². The first-order chi connectivity index (χ1) is 7.97. The van der Waals surface area contributed by atoms with Crippen LogP contribution in [-0.4, -0.2) is 30.6 Å². The lowest BCUT2D eigenvalue weighted by Gasteiger charge is -2.20. The zero-order valence-electron chi connectivity index (χ0n) is 9.67. The molecule has 94 valence electrons. The van der Waals surface area contributed by atoms with Gasteiger partial charge in [-0.15, -0.1) is 0 Å². The molecule has 0 atom stereocenters. The molecule has 0 aliphatic carbocycles. The van der Waals surface area contributed by atoms with Crippen molar-refractivity contribution in [2.45, 2.75) is 0 Å². The topological polar surface area (TPSA) is 29.3 Å². The molecule has 0 saturated carbocycles. The predicted octanol–water partition coefficient (Wildman–Crippen LogP) is 2.40. The maximum atomic E-state index is 13.7. The minimum atomic E-state index is -0.642. The number of halogens is 2. The Morgan fingerprint density at radius 1 is 1.41 bits per heavy atom. The number of rotatable bonds is 5. The van der Waals surface area contributed by atoms with Gasteiger partial charge in [0.15, 0.2) is 0 Å². The van der Waals surface area contributed by atoms with Gasteiger partial charge in [0.05, 0.1) is 0 Å². The molecule has 1 rings (SSSR count). The molecule has 0 fully saturated rings. The number of nitrogens with two attached hydrogens (primary N) is 1. The molecule has 0 aromatic heterocycles. The van der Waals surface area contributed by atoms with Gasteiger partial charge >= 0.3 is 0 Å². The lowest BCUT2D eigenvalue weighted by molar-refractivity contribution is 0.578. The molecule has 6 heteroatoms. The molecule has 0 radical (unpaired) electrons. The van der Waals surface area contributed by atoms with Crippen molar-refractivity contribution in [2.75, 3.05) is 30.5 Å². The summed E-state index contributed by atoms with van der Waals surface area (Å²) in [6.45, 7) is 0.571. The van der Waals surface area contributed by atoms with Crippen molar-refractivity contribution in [1.82, 2.24) is 0 Å². The van der Waals surface area contributed by atoms with Crippen LogP contribution in [0.1, 0.15) is 5.56 Å². The summed E-state index contributed by atoms with van der Waals surface area (Å²) in [4.78, 5) is 1.53. The van der Waals surface area contributed by atoms with Crippen LogP contribution in [-0.2, 0) is 0 Å². The number of hydrogen-bond donors (Lipinski definition) is 1. The Balaban J connectivity index is 3.04. The summed E-state index contributed by atoms with van der Waals surface area (Å²) in [6, 6.07) is 2.33. The molecule has 0 spiro atoms. The maximum Gasteiger partial charge on any atom is 0.150 e. The van der Waals surface area contributed by atoms with Crippen molar-refractivity contribution in [3.05, 3.63) is 29.3 Å². The van der Waals surface area contributed by atoms with E-state index in [-0.39, 0.29) is 16.2 Å². The van der Waals surface area contributed by atoms with Crippen LogP contribution in [0.3, 0.4) is 0 Å². The highest BCUT2D eigenvalue weighted by molar-refractivity contribution is 7.98. The van der Waals surface area contributed by atoms with E-state index in [4.69, 9.17) is 5.73 Å². The first kappa shape index (κ1) is 14.2. The zero-order valence-corrected chi connectivity index (χ0v) is 11.3. The largest absolute Gasteiger partial charge is 0.389 e. The molecule has 17 heavy (non-hydrogen) atoms. The van der Waals surface area contributed by atoms with Crippen LogP contribution >= 0.6 is 24.0 Å². The van der Waals surface area contributed by atoms with Crippen LogP contribution in [0.15, 0.2) is 12.1 Å². The van der Waals surface area contributed by atoms with Gasteiger partial charge in [0.25, 0.3) is 0 Å². The van der Waals surface area contributed by atoms with Gasteiger partial charge in [-0.25, -0.2) is 8.78 Å². The molecule has 0 bridgehead atoms. The molecular weight excluding hydrogens is 262 g/mol. The fourth-order valence-corrected chi connectivity index (χ4v) is 1.99. The molecule has 2 nitrogen and oxygen atoms in total. The van der Waals surface area contributed by atoms with Crippen molar-refractivity contribution in [3.63, 3.8) is 0 Å². The molecule has 0 heterocycles. The van der Waals surface area contributed by atoms with E-state index < -0.39 is 11.6 Å². The Kier molecular flexibility index (Phi) is 5.14. The van der Waals surface area contributed by atoms with E-state index >= 15 is 0 Å². The quantitative estimate of drug-likeness (QED) is 0.836. The minimum Gasteiger partial charge on any atom is -0.389 e. The van der Waals surface area contributed by atoms with E-state index in [1.165, 1.54) is 0 Å². The summed E-state index contributed by atoms with van der Waals surface area (Å²) < 4.78 is 27.5. The van der Waals surface area contributed by atoms with Crippen molar-refractivity contribution in [2.24, 2.45) is 5.73 Å². The first-order valence-corrected chi connectivity index (χ1v) is 6.76. The van der Waals surface area contributed by atoms with Crippen LogP contribution in [0.4, 0.5) is 14.5 Å². The zero-order chi connectivity index (χ0) is 13.0. The number of anilines is 1. The molecule has 0 amide bonds. The standard InChI is InChI=1S/C11H14F2N2S2/c1-15(3-4-17-2)10-8(12)5-7(11(14)16)6-9(10)13/h5-6H,3-4H2,1-2H3,(H2,14,16). The molecular formula is C11H14F2N2S2. The summed E-state index contributed by atoms with van der Waals surface area (Å²) in [7, 11) is 1.65. The van der Waals surface area contributed by atoms with E-state index in [1.807, 2.05) is 6.26 Å². The van der Waals surface area contributed by atoms with Gasteiger partial charge in [-0.05, 0) is 18.4 Å². The predicted molar refractivity (Wildman–Crippen MR) is 73.9 cm³/mol. The molecule has 0 aliphatic heterocycles. The molecule has 1 aromatic carbocycles. The SMILES string of the molecule is CSCCN(C)c1c(F)cc(C(N)=S)cc1F. The number of nitrogens with zero attached hydrogens (tertiary/aromatic N) is 1. The lowest BCUT2D eigenvalue weighted by atomic mass is 10.1. The second kappa shape index (κ2) is 6.16. The third-order valence-electron chi connectivity index (χ3n) is 2.31. The van der Waals surface area contributed by atoms with E-state index in [0.717, 1.165) is 17.9 Å².